The van der Waals surface area contributed by atoms with Crippen LogP contribution in [-0.2, 0) is 9.59 Å². The topological polar surface area (TPSA) is 70.7 Å². The van der Waals surface area contributed by atoms with Crippen molar-refractivity contribution in [2.24, 2.45) is 5.92 Å². The molecule has 6 nitrogen and oxygen atoms in total. The van der Waals surface area contributed by atoms with E-state index in [0.29, 0.717) is 22.4 Å². The Labute approximate surface area is 160 Å². The van der Waals surface area contributed by atoms with Crippen molar-refractivity contribution < 1.29 is 14.3 Å². The van der Waals surface area contributed by atoms with Gasteiger partial charge < -0.3 is 15.4 Å². The second kappa shape index (κ2) is 9.78. The first-order valence-corrected chi connectivity index (χ1v) is 9.38. The third-order valence-corrected chi connectivity index (χ3v) is 4.96. The van der Waals surface area contributed by atoms with Gasteiger partial charge >= 0.3 is 0 Å². The van der Waals surface area contributed by atoms with Crippen LogP contribution in [0, 0.1) is 5.92 Å². The fourth-order valence-corrected chi connectivity index (χ4v) is 3.47. The lowest BCUT2D eigenvalue weighted by molar-refractivity contribution is -0.124. The second-order valence-corrected chi connectivity index (χ2v) is 7.44. The summed E-state index contributed by atoms with van der Waals surface area (Å²) >= 11 is 5.97. The van der Waals surface area contributed by atoms with Gasteiger partial charge in [-0.15, -0.1) is 0 Å². The molecule has 2 rings (SSSR count). The summed E-state index contributed by atoms with van der Waals surface area (Å²) in [5.74, 6) is 0.775. The second-order valence-electron chi connectivity index (χ2n) is 7.00. The summed E-state index contributed by atoms with van der Waals surface area (Å²) in [6, 6.07) is 5.27. The van der Waals surface area contributed by atoms with Crippen molar-refractivity contribution in [1.82, 2.24) is 10.2 Å². The van der Waals surface area contributed by atoms with Crippen LogP contribution in [0.5, 0.6) is 5.75 Å². The van der Waals surface area contributed by atoms with Crippen LogP contribution in [0.2, 0.25) is 5.02 Å². The summed E-state index contributed by atoms with van der Waals surface area (Å²) in [5.41, 5.74) is 0.513. The molecule has 2 N–H and O–H groups in total. The van der Waals surface area contributed by atoms with Gasteiger partial charge in [0.1, 0.15) is 5.75 Å². The van der Waals surface area contributed by atoms with Gasteiger partial charge in [-0.05, 0) is 44.0 Å². The Morgan fingerprint density at radius 2 is 1.92 bits per heavy atom. The number of carbonyl (C=O) groups excluding carboxylic acids is 2. The van der Waals surface area contributed by atoms with E-state index >= 15 is 0 Å². The molecule has 26 heavy (non-hydrogen) atoms. The fraction of sp³-hybridized carbons (Fsp3) is 0.579. The molecule has 0 spiro atoms. The Bertz CT molecular complexity index is 638. The molecule has 0 aliphatic heterocycles. The summed E-state index contributed by atoms with van der Waals surface area (Å²) in [4.78, 5) is 26.2. The molecule has 1 aromatic rings. The number of likely N-dealkylation sites (N-methyl/N-ethyl adjacent to an activating group) is 1. The zero-order valence-corrected chi connectivity index (χ0v) is 16.4. The minimum atomic E-state index is -0.230. The monoisotopic (exact) mass is 381 g/mol. The molecule has 0 radical (unpaired) electrons. The lowest BCUT2D eigenvalue weighted by Gasteiger charge is -2.30. The Balaban J connectivity index is 1.81. The maximum absolute atomic E-state index is 12.2. The van der Waals surface area contributed by atoms with Crippen LogP contribution in [0.15, 0.2) is 18.2 Å². The van der Waals surface area contributed by atoms with Gasteiger partial charge in [-0.25, -0.2) is 0 Å². The van der Waals surface area contributed by atoms with E-state index in [1.807, 2.05) is 0 Å². The summed E-state index contributed by atoms with van der Waals surface area (Å²) < 4.78 is 5.21. The van der Waals surface area contributed by atoms with Crippen LogP contribution >= 0.6 is 11.6 Å². The summed E-state index contributed by atoms with van der Waals surface area (Å²) in [5, 5.41) is 6.38. The first-order chi connectivity index (χ1) is 12.4. The van der Waals surface area contributed by atoms with Gasteiger partial charge in [-0.2, -0.15) is 0 Å². The average molecular weight is 382 g/mol. The standard InChI is InChI=1S/C19H28ClN3O3/c1-13-6-4-5-7-15(13)21-18(24)11-23(2)12-19(25)22-16-10-14(20)8-9-17(16)26-3/h8-10,13,15H,4-7,11-12H2,1-3H3,(H,21,24)(H,22,25)/t13-,15+/m1/s1. The summed E-state index contributed by atoms with van der Waals surface area (Å²) in [6.45, 7) is 2.46. The zero-order chi connectivity index (χ0) is 19.1. The predicted octanol–water partition coefficient (Wildman–Crippen LogP) is 2.91. The van der Waals surface area contributed by atoms with Crippen molar-refractivity contribution in [3.63, 3.8) is 0 Å². The SMILES string of the molecule is COc1ccc(Cl)cc1NC(=O)CN(C)CC(=O)N[C@H]1CCCC[C@H]1C. The number of halogens is 1. The number of methoxy groups -OCH3 is 1. The van der Waals surface area contributed by atoms with Crippen LogP contribution in [0.4, 0.5) is 5.69 Å². The molecule has 0 bridgehead atoms. The van der Waals surface area contributed by atoms with E-state index in [4.69, 9.17) is 16.3 Å². The molecule has 2 atom stereocenters. The fourth-order valence-electron chi connectivity index (χ4n) is 3.30. The zero-order valence-electron chi connectivity index (χ0n) is 15.7. The highest BCUT2D eigenvalue weighted by molar-refractivity contribution is 6.31. The first kappa shape index (κ1) is 20.5. The van der Waals surface area contributed by atoms with Gasteiger partial charge in [0.25, 0.3) is 0 Å². The van der Waals surface area contributed by atoms with E-state index in [9.17, 15) is 9.59 Å². The number of rotatable bonds is 7. The highest BCUT2D eigenvalue weighted by Crippen LogP contribution is 2.27. The third kappa shape index (κ3) is 6.18. The maximum atomic E-state index is 12.2. The van der Waals surface area contributed by atoms with E-state index in [2.05, 4.69) is 17.6 Å². The highest BCUT2D eigenvalue weighted by atomic mass is 35.5. The molecule has 0 aromatic heterocycles. The van der Waals surface area contributed by atoms with Gasteiger partial charge in [0.15, 0.2) is 0 Å². The molecule has 0 heterocycles. The minimum Gasteiger partial charge on any atom is -0.495 e. The average Bonchev–Trinajstić information content (AvgIpc) is 2.56. The van der Waals surface area contributed by atoms with Crippen LogP contribution in [0.1, 0.15) is 32.6 Å². The Kier molecular flexibility index (Phi) is 7.72. The predicted molar refractivity (Wildman–Crippen MR) is 104 cm³/mol. The Morgan fingerprint density at radius 1 is 1.23 bits per heavy atom. The number of hydrogen-bond acceptors (Lipinski definition) is 4. The van der Waals surface area contributed by atoms with Crippen LogP contribution in [0.25, 0.3) is 0 Å². The van der Waals surface area contributed by atoms with Crippen LogP contribution in [0.3, 0.4) is 0 Å². The van der Waals surface area contributed by atoms with Crippen molar-refractivity contribution in [1.29, 1.82) is 0 Å². The molecule has 1 saturated carbocycles. The minimum absolute atomic E-state index is 0.0422. The number of benzene rings is 1. The first-order valence-electron chi connectivity index (χ1n) is 9.00. The molecule has 0 unspecified atom stereocenters. The molecular formula is C19H28ClN3O3. The van der Waals surface area contributed by atoms with Crippen molar-refractivity contribution >= 4 is 29.1 Å². The van der Waals surface area contributed by atoms with Crippen LogP contribution in [-0.4, -0.2) is 50.0 Å². The van der Waals surface area contributed by atoms with Gasteiger partial charge in [0.05, 0.1) is 25.9 Å². The summed E-state index contributed by atoms with van der Waals surface area (Å²) in [6.07, 6.45) is 4.59. The van der Waals surface area contributed by atoms with E-state index < -0.39 is 0 Å². The van der Waals surface area contributed by atoms with Gasteiger partial charge in [-0.3, -0.25) is 14.5 Å². The van der Waals surface area contributed by atoms with Crippen LogP contribution < -0.4 is 15.4 Å². The van der Waals surface area contributed by atoms with E-state index in [-0.39, 0.29) is 30.9 Å². The quantitative estimate of drug-likeness (QED) is 0.761. The normalized spacial score (nSPS) is 19.9. The molecule has 7 heteroatoms. The van der Waals surface area contributed by atoms with Gasteiger partial charge in [0.2, 0.25) is 11.8 Å². The number of ether oxygens (including phenoxy) is 1. The van der Waals surface area contributed by atoms with Crippen molar-refractivity contribution in [3.05, 3.63) is 23.2 Å². The maximum Gasteiger partial charge on any atom is 0.238 e. The number of carbonyl (C=O) groups is 2. The van der Waals surface area contributed by atoms with Gasteiger partial charge in [-0.1, -0.05) is 31.4 Å². The molecule has 2 amide bonds. The van der Waals surface area contributed by atoms with Gasteiger partial charge in [0, 0.05) is 11.1 Å². The van der Waals surface area contributed by atoms with Crippen molar-refractivity contribution in [2.45, 2.75) is 38.6 Å². The number of amides is 2. The Morgan fingerprint density at radius 3 is 2.62 bits per heavy atom. The molecule has 1 aliphatic rings. The molecule has 1 aliphatic carbocycles. The van der Waals surface area contributed by atoms with E-state index in [1.165, 1.54) is 13.5 Å². The summed E-state index contributed by atoms with van der Waals surface area (Å²) in [7, 11) is 3.28. The molecule has 144 valence electrons. The number of nitrogens with zero attached hydrogens (tertiary/aromatic N) is 1. The molecular weight excluding hydrogens is 354 g/mol. The molecule has 0 saturated heterocycles. The number of anilines is 1. The number of hydrogen-bond donors (Lipinski definition) is 2. The largest absolute Gasteiger partial charge is 0.495 e. The van der Waals surface area contributed by atoms with Crippen molar-refractivity contribution in [2.75, 3.05) is 32.6 Å². The third-order valence-electron chi connectivity index (χ3n) is 4.72. The number of nitrogens with one attached hydrogen (secondary N) is 2. The lowest BCUT2D eigenvalue weighted by atomic mass is 9.86. The van der Waals surface area contributed by atoms with Crippen molar-refractivity contribution in [3.8, 4) is 5.75 Å². The molecule has 1 fully saturated rings. The Hall–Kier alpha value is -1.79. The van der Waals surface area contributed by atoms with E-state index in [1.54, 1.807) is 30.1 Å². The highest BCUT2D eigenvalue weighted by Gasteiger charge is 2.23. The van der Waals surface area contributed by atoms with E-state index in [0.717, 1.165) is 19.3 Å². The smallest absolute Gasteiger partial charge is 0.238 e. The lowest BCUT2D eigenvalue weighted by Crippen LogP contribution is -2.46. The molecule has 1 aromatic carbocycles.